The molecule has 2 aliphatic rings. The van der Waals surface area contributed by atoms with Crippen molar-refractivity contribution in [1.29, 1.82) is 0 Å². The summed E-state index contributed by atoms with van der Waals surface area (Å²) in [5.41, 5.74) is 14.5. The number of aromatic nitrogens is 2. The second-order valence-electron chi connectivity index (χ2n) is 15.2. The third kappa shape index (κ3) is 4.66. The summed E-state index contributed by atoms with van der Waals surface area (Å²) in [4.78, 5) is 10.6. The number of ether oxygens (including phenoxy) is 1. The van der Waals surface area contributed by atoms with Crippen molar-refractivity contribution in [3.05, 3.63) is 222 Å². The summed E-state index contributed by atoms with van der Waals surface area (Å²) in [6, 6.07) is 70.0. The minimum atomic E-state index is -0.468. The number of nitrogens with zero attached hydrogens (tertiary/aromatic N) is 2. The molecule has 266 valence electrons. The van der Waals surface area contributed by atoms with Gasteiger partial charge in [-0.25, -0.2) is 9.97 Å². The van der Waals surface area contributed by atoms with Crippen LogP contribution in [0.5, 0.6) is 5.75 Å². The lowest BCUT2D eigenvalue weighted by atomic mass is 9.67. The Morgan fingerprint density at radius 3 is 1.81 bits per heavy atom. The van der Waals surface area contributed by atoms with Crippen LogP contribution < -0.4 is 4.74 Å². The van der Waals surface area contributed by atoms with Gasteiger partial charge in [-0.05, 0) is 102 Å². The topological polar surface area (TPSA) is 35.0 Å². The first kappa shape index (κ1) is 31.9. The second-order valence-corrected chi connectivity index (χ2v) is 15.2. The van der Waals surface area contributed by atoms with Crippen molar-refractivity contribution < 1.29 is 4.74 Å². The van der Waals surface area contributed by atoms with Crippen molar-refractivity contribution in [3.63, 3.8) is 0 Å². The highest BCUT2D eigenvalue weighted by Crippen LogP contribution is 2.58. The maximum Gasteiger partial charge on any atom is 0.161 e. The Labute approximate surface area is 330 Å². The van der Waals surface area contributed by atoms with E-state index in [-0.39, 0.29) is 0 Å². The zero-order valence-electron chi connectivity index (χ0n) is 31.0. The van der Waals surface area contributed by atoms with E-state index in [0.29, 0.717) is 12.4 Å². The molecule has 1 aromatic heterocycles. The molecular weight excluding hydrogens is 693 g/mol. The normalized spacial score (nSPS) is 13.5. The standard InChI is InChI=1S/C54H34N2O/c1-3-17-38(18-4-1)54(39-19-5-2-6-20-39)47-25-13-11-23-42(47)46-30-37-33-57-50-31-36(27-28-43(50)45(37)32-48(46)54)52-44-24-12-14-26-49(44)55-53(56-52)51-40-21-9-7-15-34(40)29-35-16-8-10-22-41(35)51/h1-32H,33H2. The first-order chi connectivity index (χ1) is 28.3. The molecule has 2 heterocycles. The van der Waals surface area contributed by atoms with Gasteiger partial charge in [0.05, 0.1) is 16.6 Å². The summed E-state index contributed by atoms with van der Waals surface area (Å²) in [5, 5.41) is 5.62. The lowest BCUT2D eigenvalue weighted by molar-refractivity contribution is 0.302. The molecule has 9 aromatic carbocycles. The molecule has 0 atom stereocenters. The number of fused-ring (bicyclic) bond motifs is 9. The summed E-state index contributed by atoms with van der Waals surface area (Å²) in [6.07, 6.45) is 0. The van der Waals surface area contributed by atoms with Gasteiger partial charge >= 0.3 is 0 Å². The van der Waals surface area contributed by atoms with Crippen molar-refractivity contribution in [2.75, 3.05) is 0 Å². The lowest BCUT2D eigenvalue weighted by Gasteiger charge is -2.34. The fourth-order valence-corrected chi connectivity index (χ4v) is 9.73. The molecule has 0 amide bonds. The Bertz CT molecular complexity index is 3150. The number of hydrogen-bond acceptors (Lipinski definition) is 3. The van der Waals surface area contributed by atoms with Crippen LogP contribution in [0.3, 0.4) is 0 Å². The Balaban J connectivity index is 1.06. The zero-order valence-corrected chi connectivity index (χ0v) is 31.0. The average molecular weight is 727 g/mol. The fourth-order valence-electron chi connectivity index (χ4n) is 9.73. The molecule has 0 saturated carbocycles. The van der Waals surface area contributed by atoms with E-state index in [9.17, 15) is 0 Å². The van der Waals surface area contributed by atoms with Gasteiger partial charge in [-0.3, -0.25) is 0 Å². The van der Waals surface area contributed by atoms with Crippen molar-refractivity contribution in [2.45, 2.75) is 12.0 Å². The van der Waals surface area contributed by atoms with E-state index in [1.807, 2.05) is 0 Å². The van der Waals surface area contributed by atoms with Crippen molar-refractivity contribution in [1.82, 2.24) is 9.97 Å². The van der Waals surface area contributed by atoms with E-state index >= 15 is 0 Å². The van der Waals surface area contributed by atoms with Gasteiger partial charge in [0.2, 0.25) is 0 Å². The maximum atomic E-state index is 6.68. The van der Waals surface area contributed by atoms with Crippen LogP contribution in [0.15, 0.2) is 194 Å². The van der Waals surface area contributed by atoms with Crippen molar-refractivity contribution in [2.24, 2.45) is 0 Å². The Hall–Kier alpha value is -7.36. The minimum absolute atomic E-state index is 0.468. The van der Waals surface area contributed by atoms with Crippen LogP contribution in [0.25, 0.3) is 77.3 Å². The van der Waals surface area contributed by atoms with E-state index in [2.05, 4.69) is 194 Å². The van der Waals surface area contributed by atoms with Gasteiger partial charge in [0.15, 0.2) is 5.82 Å². The molecule has 0 bridgehead atoms. The van der Waals surface area contributed by atoms with Crippen LogP contribution in [0.1, 0.15) is 27.8 Å². The van der Waals surface area contributed by atoms with Crippen LogP contribution in [0.2, 0.25) is 0 Å². The Kier molecular flexibility index (Phi) is 6.91. The van der Waals surface area contributed by atoms with Gasteiger partial charge < -0.3 is 4.74 Å². The van der Waals surface area contributed by atoms with E-state index < -0.39 is 5.41 Å². The van der Waals surface area contributed by atoms with E-state index in [4.69, 9.17) is 14.7 Å². The highest BCUT2D eigenvalue weighted by atomic mass is 16.5. The van der Waals surface area contributed by atoms with E-state index in [1.165, 1.54) is 55.3 Å². The SMILES string of the molecule is c1ccc(C2(c3ccccc3)c3ccccc3-c3cc4c(cc32)-c2ccc(-c3nc(-c5c6ccccc6cc6ccccc56)nc5ccccc35)cc2OC4)cc1. The van der Waals surface area contributed by atoms with Gasteiger partial charge in [0.25, 0.3) is 0 Å². The van der Waals surface area contributed by atoms with E-state index in [0.717, 1.165) is 49.8 Å². The minimum Gasteiger partial charge on any atom is -0.488 e. The molecule has 57 heavy (non-hydrogen) atoms. The number of rotatable bonds is 4. The molecule has 3 heteroatoms. The molecule has 0 unspecified atom stereocenters. The number of hydrogen-bond donors (Lipinski definition) is 0. The molecule has 0 saturated heterocycles. The zero-order chi connectivity index (χ0) is 37.5. The summed E-state index contributed by atoms with van der Waals surface area (Å²) in [7, 11) is 0. The average Bonchev–Trinajstić information content (AvgIpc) is 3.57. The summed E-state index contributed by atoms with van der Waals surface area (Å²) >= 11 is 0. The van der Waals surface area contributed by atoms with Crippen LogP contribution in [0.4, 0.5) is 0 Å². The predicted octanol–water partition coefficient (Wildman–Crippen LogP) is 13.2. The van der Waals surface area contributed by atoms with Gasteiger partial charge in [-0.1, -0.05) is 158 Å². The van der Waals surface area contributed by atoms with E-state index in [1.54, 1.807) is 0 Å². The molecule has 12 rings (SSSR count). The molecule has 3 nitrogen and oxygen atoms in total. The summed E-state index contributed by atoms with van der Waals surface area (Å²) in [6.45, 7) is 0.489. The number of para-hydroxylation sites is 1. The first-order valence-corrected chi connectivity index (χ1v) is 19.6. The Morgan fingerprint density at radius 2 is 1.07 bits per heavy atom. The smallest absolute Gasteiger partial charge is 0.161 e. The first-order valence-electron chi connectivity index (χ1n) is 19.6. The molecular formula is C54H34N2O. The lowest BCUT2D eigenvalue weighted by Crippen LogP contribution is -2.28. The van der Waals surface area contributed by atoms with Crippen LogP contribution in [-0.4, -0.2) is 9.97 Å². The molecule has 0 radical (unpaired) electrons. The molecule has 1 aliphatic heterocycles. The van der Waals surface area contributed by atoms with Crippen molar-refractivity contribution >= 4 is 32.4 Å². The maximum absolute atomic E-state index is 6.68. The molecule has 0 fully saturated rings. The molecule has 0 N–H and O–H groups in total. The summed E-state index contributed by atoms with van der Waals surface area (Å²) < 4.78 is 6.68. The Morgan fingerprint density at radius 1 is 0.439 bits per heavy atom. The monoisotopic (exact) mass is 726 g/mol. The van der Waals surface area contributed by atoms with Crippen LogP contribution in [-0.2, 0) is 12.0 Å². The highest BCUT2D eigenvalue weighted by molar-refractivity contribution is 6.12. The van der Waals surface area contributed by atoms with Crippen LogP contribution >= 0.6 is 0 Å². The fraction of sp³-hybridized carbons (Fsp3) is 0.0370. The molecule has 0 spiro atoms. The quantitative estimate of drug-likeness (QED) is 0.169. The molecule has 10 aromatic rings. The van der Waals surface area contributed by atoms with Gasteiger partial charge in [-0.2, -0.15) is 0 Å². The van der Waals surface area contributed by atoms with Gasteiger partial charge in [-0.15, -0.1) is 0 Å². The largest absolute Gasteiger partial charge is 0.488 e. The van der Waals surface area contributed by atoms with Gasteiger partial charge in [0.1, 0.15) is 12.4 Å². The highest BCUT2D eigenvalue weighted by Gasteiger charge is 2.46. The number of benzene rings is 9. The predicted molar refractivity (Wildman–Crippen MR) is 232 cm³/mol. The third-order valence-corrected chi connectivity index (χ3v) is 12.2. The van der Waals surface area contributed by atoms with Gasteiger partial charge in [0, 0.05) is 22.1 Å². The second kappa shape index (κ2) is 12.3. The van der Waals surface area contributed by atoms with Crippen LogP contribution in [0, 0.1) is 0 Å². The summed E-state index contributed by atoms with van der Waals surface area (Å²) in [5.74, 6) is 1.58. The van der Waals surface area contributed by atoms with Crippen molar-refractivity contribution in [3.8, 4) is 50.6 Å². The molecule has 1 aliphatic carbocycles. The third-order valence-electron chi connectivity index (χ3n) is 12.2.